The average Bonchev–Trinajstić information content (AvgIpc) is 2.24. The number of hydrogen-bond acceptors (Lipinski definition) is 3. The predicted octanol–water partition coefficient (Wildman–Crippen LogP) is 1.63. The van der Waals surface area contributed by atoms with Crippen LogP contribution in [0.25, 0.3) is 0 Å². The lowest BCUT2D eigenvalue weighted by atomic mass is 9.94. The molecule has 1 aromatic rings. The summed E-state index contributed by atoms with van der Waals surface area (Å²) in [7, 11) is -3.52. The van der Waals surface area contributed by atoms with Gasteiger partial charge in [0.05, 0.1) is 5.02 Å². The van der Waals surface area contributed by atoms with Crippen LogP contribution in [0.3, 0.4) is 0 Å². The van der Waals surface area contributed by atoms with Gasteiger partial charge in [-0.1, -0.05) is 24.1 Å². The van der Waals surface area contributed by atoms with Crippen molar-refractivity contribution in [3.05, 3.63) is 28.8 Å². The van der Waals surface area contributed by atoms with E-state index in [4.69, 9.17) is 17.3 Å². The van der Waals surface area contributed by atoms with Gasteiger partial charge in [0.15, 0.2) is 0 Å². The van der Waals surface area contributed by atoms with Gasteiger partial charge in [0.2, 0.25) is 10.0 Å². The van der Waals surface area contributed by atoms with Gasteiger partial charge in [0.1, 0.15) is 4.90 Å². The molecule has 0 atom stereocenters. The summed E-state index contributed by atoms with van der Waals surface area (Å²) in [5.41, 5.74) is 6.25. The number of halogens is 1. The maximum Gasteiger partial charge on any atom is 0.242 e. The summed E-state index contributed by atoms with van der Waals surface area (Å²) in [6, 6.07) is 4.88. The van der Waals surface area contributed by atoms with Crippen LogP contribution in [0.2, 0.25) is 5.02 Å². The summed E-state index contributed by atoms with van der Waals surface area (Å²) in [5, 5.41) is 0.231. The van der Waals surface area contributed by atoms with Gasteiger partial charge in [0.25, 0.3) is 0 Å². The minimum Gasteiger partial charge on any atom is -0.326 e. The molecule has 0 aromatic heterocycles. The quantitative estimate of drug-likeness (QED) is 0.877. The molecule has 1 aliphatic rings. The maximum absolute atomic E-state index is 12.1. The molecule has 0 aliphatic heterocycles. The molecule has 1 fully saturated rings. The second kappa shape index (κ2) is 4.94. The van der Waals surface area contributed by atoms with E-state index in [9.17, 15) is 8.42 Å². The second-order valence-corrected chi connectivity index (χ2v) is 6.31. The van der Waals surface area contributed by atoms with E-state index < -0.39 is 10.0 Å². The molecule has 94 valence electrons. The number of sulfonamides is 1. The third kappa shape index (κ3) is 2.80. The molecule has 0 unspecified atom stereocenters. The third-order valence-corrected chi connectivity index (χ3v) is 4.95. The largest absolute Gasteiger partial charge is 0.326 e. The normalized spacial score (nSPS) is 16.8. The Labute approximate surface area is 106 Å². The minimum atomic E-state index is -3.52. The van der Waals surface area contributed by atoms with Gasteiger partial charge in [-0.3, -0.25) is 0 Å². The summed E-state index contributed by atoms with van der Waals surface area (Å²) in [6.07, 6.45) is 2.87. The average molecular weight is 275 g/mol. The van der Waals surface area contributed by atoms with Crippen molar-refractivity contribution in [2.75, 3.05) is 0 Å². The molecule has 6 heteroatoms. The van der Waals surface area contributed by atoms with Gasteiger partial charge in [-0.2, -0.15) is 0 Å². The summed E-state index contributed by atoms with van der Waals surface area (Å²) in [6.45, 7) is 0.295. The Morgan fingerprint density at radius 3 is 2.65 bits per heavy atom. The molecule has 0 bridgehead atoms. The number of hydrogen-bond donors (Lipinski definition) is 2. The number of rotatable bonds is 4. The van der Waals surface area contributed by atoms with Crippen molar-refractivity contribution < 1.29 is 8.42 Å². The Kier molecular flexibility index (Phi) is 3.73. The van der Waals surface area contributed by atoms with Crippen molar-refractivity contribution in [2.24, 2.45) is 5.73 Å². The van der Waals surface area contributed by atoms with Crippen LogP contribution in [0.1, 0.15) is 24.8 Å². The number of benzene rings is 1. The monoisotopic (exact) mass is 274 g/mol. The number of nitrogens with two attached hydrogens (primary N) is 1. The topological polar surface area (TPSA) is 72.2 Å². The van der Waals surface area contributed by atoms with Crippen molar-refractivity contribution >= 4 is 21.6 Å². The smallest absolute Gasteiger partial charge is 0.242 e. The van der Waals surface area contributed by atoms with Crippen LogP contribution in [0.4, 0.5) is 0 Å². The maximum atomic E-state index is 12.1. The van der Waals surface area contributed by atoms with Crippen LogP contribution in [0, 0.1) is 0 Å². The molecule has 0 saturated heterocycles. The van der Waals surface area contributed by atoms with E-state index >= 15 is 0 Å². The summed E-state index contributed by atoms with van der Waals surface area (Å²) in [5.74, 6) is 0. The Bertz CT molecular complexity index is 512. The van der Waals surface area contributed by atoms with Crippen molar-refractivity contribution in [3.63, 3.8) is 0 Å². The zero-order valence-electron chi connectivity index (χ0n) is 9.32. The van der Waals surface area contributed by atoms with E-state index in [0.717, 1.165) is 24.8 Å². The Balaban J connectivity index is 2.30. The zero-order valence-corrected chi connectivity index (χ0v) is 10.9. The standard InChI is InChI=1S/C11H15ClN2O2S/c12-10-5-4-8(7-13)6-11(10)17(15,16)14-9-2-1-3-9/h4-6,9,14H,1-3,7,13H2. The third-order valence-electron chi connectivity index (χ3n) is 2.95. The molecule has 1 aromatic carbocycles. The lowest BCUT2D eigenvalue weighted by Gasteiger charge is -2.26. The first-order valence-corrected chi connectivity index (χ1v) is 7.40. The molecular weight excluding hydrogens is 260 g/mol. The summed E-state index contributed by atoms with van der Waals surface area (Å²) in [4.78, 5) is 0.119. The van der Waals surface area contributed by atoms with Crippen LogP contribution in [-0.4, -0.2) is 14.5 Å². The molecule has 1 aliphatic carbocycles. The van der Waals surface area contributed by atoms with Crippen LogP contribution in [0.5, 0.6) is 0 Å². The highest BCUT2D eigenvalue weighted by atomic mass is 35.5. The first-order chi connectivity index (χ1) is 8.03. The Hall–Kier alpha value is -0.620. The van der Waals surface area contributed by atoms with Gasteiger partial charge >= 0.3 is 0 Å². The van der Waals surface area contributed by atoms with Crippen LogP contribution in [0.15, 0.2) is 23.1 Å². The van der Waals surface area contributed by atoms with Gasteiger partial charge in [0, 0.05) is 12.6 Å². The van der Waals surface area contributed by atoms with Crippen LogP contribution < -0.4 is 10.5 Å². The van der Waals surface area contributed by atoms with Gasteiger partial charge in [-0.05, 0) is 30.5 Å². The lowest BCUT2D eigenvalue weighted by molar-refractivity contribution is 0.383. The van der Waals surface area contributed by atoms with Crippen LogP contribution in [-0.2, 0) is 16.6 Å². The molecule has 17 heavy (non-hydrogen) atoms. The SMILES string of the molecule is NCc1ccc(Cl)c(S(=O)(=O)NC2CCC2)c1. The second-order valence-electron chi connectivity index (χ2n) is 4.22. The van der Waals surface area contributed by atoms with Crippen molar-refractivity contribution in [3.8, 4) is 0 Å². The Morgan fingerprint density at radius 2 is 2.12 bits per heavy atom. The van der Waals surface area contributed by atoms with E-state index in [0.29, 0.717) is 6.54 Å². The van der Waals surface area contributed by atoms with Gasteiger partial charge in [-0.15, -0.1) is 0 Å². The van der Waals surface area contributed by atoms with E-state index in [2.05, 4.69) is 4.72 Å². The van der Waals surface area contributed by atoms with Gasteiger partial charge < -0.3 is 5.73 Å². The summed E-state index contributed by atoms with van der Waals surface area (Å²) >= 11 is 5.92. The first-order valence-electron chi connectivity index (χ1n) is 5.54. The predicted molar refractivity (Wildman–Crippen MR) is 67.3 cm³/mol. The molecule has 0 radical (unpaired) electrons. The highest BCUT2D eigenvalue weighted by molar-refractivity contribution is 7.89. The number of nitrogens with one attached hydrogen (secondary N) is 1. The van der Waals surface area contributed by atoms with Crippen molar-refractivity contribution in [1.82, 2.24) is 4.72 Å². The molecule has 0 amide bonds. The zero-order chi connectivity index (χ0) is 12.5. The van der Waals surface area contributed by atoms with Crippen molar-refractivity contribution in [2.45, 2.75) is 36.7 Å². The fourth-order valence-electron chi connectivity index (χ4n) is 1.69. The van der Waals surface area contributed by atoms with E-state index in [-0.39, 0.29) is 16.0 Å². The van der Waals surface area contributed by atoms with Crippen molar-refractivity contribution in [1.29, 1.82) is 0 Å². The molecule has 3 N–H and O–H groups in total. The molecule has 0 heterocycles. The minimum absolute atomic E-state index is 0.0533. The fourth-order valence-corrected chi connectivity index (χ4v) is 3.54. The molecular formula is C11H15ClN2O2S. The molecule has 0 spiro atoms. The Morgan fingerprint density at radius 1 is 1.41 bits per heavy atom. The first kappa shape index (κ1) is 12.8. The van der Waals surface area contributed by atoms with E-state index in [1.54, 1.807) is 12.1 Å². The molecule has 1 saturated carbocycles. The lowest BCUT2D eigenvalue weighted by Crippen LogP contribution is -2.39. The highest BCUT2D eigenvalue weighted by Gasteiger charge is 2.26. The van der Waals surface area contributed by atoms with E-state index in [1.807, 2.05) is 0 Å². The van der Waals surface area contributed by atoms with Gasteiger partial charge in [-0.25, -0.2) is 13.1 Å². The molecule has 2 rings (SSSR count). The fraction of sp³-hybridized carbons (Fsp3) is 0.455. The van der Waals surface area contributed by atoms with Crippen LogP contribution >= 0.6 is 11.6 Å². The van der Waals surface area contributed by atoms with E-state index in [1.165, 1.54) is 6.07 Å². The highest BCUT2D eigenvalue weighted by Crippen LogP contribution is 2.25. The molecule has 4 nitrogen and oxygen atoms in total. The summed E-state index contributed by atoms with van der Waals surface area (Å²) < 4.78 is 26.8.